The Bertz CT molecular complexity index is 1010. The molecule has 2 aromatic carbocycles. The summed E-state index contributed by atoms with van der Waals surface area (Å²) < 4.78 is 1.90. The zero-order valence-corrected chi connectivity index (χ0v) is 12.5. The van der Waals surface area contributed by atoms with Crippen molar-refractivity contribution in [2.75, 3.05) is 5.32 Å². The maximum atomic E-state index is 12.2. The lowest BCUT2D eigenvalue weighted by atomic mass is 10.1. The first kappa shape index (κ1) is 13.5. The second kappa shape index (κ2) is 4.95. The topological polar surface area (TPSA) is 85.3 Å². The van der Waals surface area contributed by atoms with Gasteiger partial charge in [0.2, 0.25) is 5.95 Å². The van der Waals surface area contributed by atoms with E-state index in [0.29, 0.717) is 11.3 Å². The van der Waals surface area contributed by atoms with Gasteiger partial charge in [0.15, 0.2) is 12.1 Å². The summed E-state index contributed by atoms with van der Waals surface area (Å²) in [6, 6.07) is 15.4. The second-order valence-corrected chi connectivity index (χ2v) is 5.55. The van der Waals surface area contributed by atoms with Crippen molar-refractivity contribution in [3.05, 3.63) is 70.0 Å². The third kappa shape index (κ3) is 2.15. The number of guanidine groups is 1. The van der Waals surface area contributed by atoms with Crippen LogP contribution in [0.3, 0.4) is 0 Å². The minimum atomic E-state index is -0.357. The number of aliphatic imine (C=N–C) groups is 1. The molecule has 3 aromatic rings. The van der Waals surface area contributed by atoms with Gasteiger partial charge in [-0.1, -0.05) is 42.0 Å². The van der Waals surface area contributed by atoms with Gasteiger partial charge in [0.1, 0.15) is 0 Å². The zero-order valence-electron chi connectivity index (χ0n) is 12.5. The van der Waals surface area contributed by atoms with Crippen molar-refractivity contribution in [2.24, 2.45) is 10.7 Å². The molecule has 23 heavy (non-hydrogen) atoms. The molecule has 0 amide bonds. The first-order valence-electron chi connectivity index (χ1n) is 7.31. The minimum Gasteiger partial charge on any atom is -0.370 e. The quantitative estimate of drug-likeness (QED) is 0.720. The second-order valence-electron chi connectivity index (χ2n) is 5.55. The van der Waals surface area contributed by atoms with Crippen molar-refractivity contribution in [3.8, 4) is 0 Å². The molecule has 3 N–H and O–H groups in total. The molecule has 1 atom stereocenters. The van der Waals surface area contributed by atoms with E-state index in [2.05, 4.69) is 21.4 Å². The molecule has 6 nitrogen and oxygen atoms in total. The fourth-order valence-corrected chi connectivity index (χ4v) is 2.92. The molecule has 1 aliphatic heterocycles. The number of hydrogen-bond acceptors (Lipinski definition) is 5. The van der Waals surface area contributed by atoms with Crippen LogP contribution in [0.5, 0.6) is 0 Å². The van der Waals surface area contributed by atoms with Gasteiger partial charge < -0.3 is 5.73 Å². The van der Waals surface area contributed by atoms with Crippen molar-refractivity contribution >= 4 is 22.8 Å². The highest BCUT2D eigenvalue weighted by Gasteiger charge is 2.24. The van der Waals surface area contributed by atoms with E-state index in [1.807, 2.05) is 47.9 Å². The maximum absolute atomic E-state index is 12.2. The van der Waals surface area contributed by atoms with Gasteiger partial charge in [0, 0.05) is 0 Å². The van der Waals surface area contributed by atoms with Crippen LogP contribution in [-0.2, 0) is 0 Å². The summed E-state index contributed by atoms with van der Waals surface area (Å²) in [5.41, 5.74) is 8.51. The highest BCUT2D eigenvalue weighted by molar-refractivity contribution is 5.93. The van der Waals surface area contributed by atoms with Gasteiger partial charge in [0.05, 0.1) is 10.9 Å². The monoisotopic (exact) mass is 305 g/mol. The molecule has 0 radical (unpaired) electrons. The van der Waals surface area contributed by atoms with Crippen LogP contribution in [0, 0.1) is 6.92 Å². The number of rotatable bonds is 1. The molecular formula is C17H15N5O. The minimum absolute atomic E-state index is 0.249. The Morgan fingerprint density at radius 1 is 1.17 bits per heavy atom. The molecule has 0 fully saturated rings. The maximum Gasteiger partial charge on any atom is 0.282 e. The fourth-order valence-electron chi connectivity index (χ4n) is 2.92. The Morgan fingerprint density at radius 3 is 2.83 bits per heavy atom. The van der Waals surface area contributed by atoms with Crippen molar-refractivity contribution in [1.82, 2.24) is 9.55 Å². The molecule has 0 spiro atoms. The number of aromatic nitrogens is 2. The molecule has 0 aliphatic carbocycles. The normalized spacial score (nSPS) is 16.6. The lowest BCUT2D eigenvalue weighted by Gasteiger charge is -2.27. The predicted octanol–water partition coefficient (Wildman–Crippen LogP) is 1.99. The zero-order chi connectivity index (χ0) is 16.0. The fraction of sp³-hybridized carbons (Fsp3) is 0.118. The average Bonchev–Trinajstić information content (AvgIpc) is 2.54. The Kier molecular flexibility index (Phi) is 2.90. The van der Waals surface area contributed by atoms with Gasteiger partial charge in [-0.25, -0.2) is 4.99 Å². The molecule has 6 heteroatoms. The summed E-state index contributed by atoms with van der Waals surface area (Å²) in [5.74, 6) is 0.659. The number of nitrogens with one attached hydrogen (secondary N) is 1. The molecule has 1 aliphatic rings. The molecule has 0 bridgehead atoms. The Balaban J connectivity index is 2.05. The van der Waals surface area contributed by atoms with E-state index in [-0.39, 0.29) is 17.7 Å². The average molecular weight is 305 g/mol. The number of fused-ring (bicyclic) bond motifs is 3. The van der Waals surface area contributed by atoms with Gasteiger partial charge in [-0.3, -0.25) is 14.7 Å². The van der Waals surface area contributed by atoms with Gasteiger partial charge in [0.25, 0.3) is 5.56 Å². The number of nitrogens with zero attached hydrogens (tertiary/aromatic N) is 3. The molecule has 114 valence electrons. The van der Waals surface area contributed by atoms with E-state index >= 15 is 0 Å². The summed E-state index contributed by atoms with van der Waals surface area (Å²) in [4.78, 5) is 20.9. The number of anilines is 1. The lowest BCUT2D eigenvalue weighted by molar-refractivity contribution is 0.615. The smallest absolute Gasteiger partial charge is 0.282 e. The van der Waals surface area contributed by atoms with Crippen LogP contribution in [0.2, 0.25) is 0 Å². The molecule has 2 heterocycles. The number of para-hydroxylation sites is 1. The van der Waals surface area contributed by atoms with Crippen molar-refractivity contribution < 1.29 is 0 Å². The molecule has 0 saturated carbocycles. The van der Waals surface area contributed by atoms with Crippen LogP contribution in [0.1, 0.15) is 17.3 Å². The summed E-state index contributed by atoms with van der Waals surface area (Å²) >= 11 is 0. The number of aryl methyl sites for hydroxylation is 1. The Labute approximate surface area is 132 Å². The van der Waals surface area contributed by atoms with E-state index in [0.717, 1.165) is 16.6 Å². The van der Waals surface area contributed by atoms with Crippen molar-refractivity contribution in [1.29, 1.82) is 0 Å². The SMILES string of the molecule is Cc1cccc([C@H]2N=C(N)Nc3nc(=O)c4ccccc4n32)c1. The predicted molar refractivity (Wildman–Crippen MR) is 90.6 cm³/mol. The summed E-state index contributed by atoms with van der Waals surface area (Å²) in [7, 11) is 0. The standard InChI is InChI=1S/C17H15N5O/c1-10-5-4-6-11(9-10)14-19-16(18)21-17-20-15(23)12-7-2-3-8-13(12)22(14)17/h2-9,14H,1H3,(H3,18,19,20,21,23)/t14-/m0/s1. The van der Waals surface area contributed by atoms with Crippen LogP contribution in [0.4, 0.5) is 5.95 Å². The number of benzene rings is 2. The van der Waals surface area contributed by atoms with E-state index in [1.165, 1.54) is 0 Å². The first-order chi connectivity index (χ1) is 11.1. The van der Waals surface area contributed by atoms with Crippen molar-refractivity contribution in [3.63, 3.8) is 0 Å². The van der Waals surface area contributed by atoms with E-state index in [1.54, 1.807) is 6.07 Å². The van der Waals surface area contributed by atoms with Gasteiger partial charge >= 0.3 is 0 Å². The van der Waals surface area contributed by atoms with Crippen LogP contribution in [-0.4, -0.2) is 15.5 Å². The van der Waals surface area contributed by atoms with Gasteiger partial charge in [-0.15, -0.1) is 0 Å². The number of nitrogens with two attached hydrogens (primary N) is 1. The van der Waals surface area contributed by atoms with Crippen LogP contribution in [0.15, 0.2) is 58.3 Å². The number of hydrogen-bond donors (Lipinski definition) is 2. The Hall–Kier alpha value is -3.15. The highest BCUT2D eigenvalue weighted by Crippen LogP contribution is 2.29. The summed E-state index contributed by atoms with van der Waals surface area (Å²) in [6.07, 6.45) is -0.357. The Morgan fingerprint density at radius 2 is 2.00 bits per heavy atom. The largest absolute Gasteiger partial charge is 0.370 e. The molecule has 4 rings (SSSR count). The third-order valence-electron chi connectivity index (χ3n) is 3.92. The summed E-state index contributed by atoms with van der Waals surface area (Å²) in [6.45, 7) is 2.03. The van der Waals surface area contributed by atoms with Gasteiger partial charge in [-0.2, -0.15) is 4.98 Å². The summed E-state index contributed by atoms with van der Waals surface area (Å²) in [5, 5.41) is 3.45. The van der Waals surface area contributed by atoms with E-state index < -0.39 is 0 Å². The van der Waals surface area contributed by atoms with Crippen LogP contribution in [0.25, 0.3) is 10.9 Å². The molecule has 0 unspecified atom stereocenters. The lowest BCUT2D eigenvalue weighted by Crippen LogP contribution is -2.34. The van der Waals surface area contributed by atoms with Gasteiger partial charge in [-0.05, 0) is 24.6 Å². The molecular weight excluding hydrogens is 290 g/mol. The first-order valence-corrected chi connectivity index (χ1v) is 7.31. The van der Waals surface area contributed by atoms with E-state index in [9.17, 15) is 4.79 Å². The highest BCUT2D eigenvalue weighted by atomic mass is 16.1. The van der Waals surface area contributed by atoms with Crippen LogP contribution < -0.4 is 16.6 Å². The third-order valence-corrected chi connectivity index (χ3v) is 3.92. The van der Waals surface area contributed by atoms with E-state index in [4.69, 9.17) is 5.73 Å². The molecule has 1 aromatic heterocycles. The molecule has 0 saturated heterocycles. The van der Waals surface area contributed by atoms with Crippen LogP contribution >= 0.6 is 0 Å². The van der Waals surface area contributed by atoms with Crippen molar-refractivity contribution in [2.45, 2.75) is 13.1 Å².